The van der Waals surface area contributed by atoms with E-state index in [0.717, 1.165) is 6.42 Å². The van der Waals surface area contributed by atoms with E-state index < -0.39 is 49.4 Å². The van der Waals surface area contributed by atoms with Crippen molar-refractivity contribution >= 4 is 22.8 Å². The number of amides is 2. The second kappa shape index (κ2) is 14.2. The SMILES string of the molecule is Cn1ncc(C(=O)NCc2nc3ccc(CNC(=O)CCC(F)(F)F)cc3[nH]2)c1CCC(F)(F)F.FC1(F)CCCCC1. The van der Waals surface area contributed by atoms with Gasteiger partial charge in [-0.3, -0.25) is 14.3 Å². The van der Waals surface area contributed by atoms with Crippen LogP contribution in [0.4, 0.5) is 35.1 Å². The summed E-state index contributed by atoms with van der Waals surface area (Å²) in [5, 5.41) is 8.88. The van der Waals surface area contributed by atoms with Crippen LogP contribution in [0, 0.1) is 0 Å². The molecule has 238 valence electrons. The van der Waals surface area contributed by atoms with E-state index >= 15 is 0 Å². The van der Waals surface area contributed by atoms with Gasteiger partial charge in [-0.15, -0.1) is 0 Å². The summed E-state index contributed by atoms with van der Waals surface area (Å²) in [5.41, 5.74) is 1.95. The van der Waals surface area contributed by atoms with Crippen LogP contribution in [0.3, 0.4) is 0 Å². The smallest absolute Gasteiger partial charge is 0.352 e. The van der Waals surface area contributed by atoms with Crippen LogP contribution in [0.2, 0.25) is 0 Å². The molecule has 0 saturated heterocycles. The number of halogens is 8. The van der Waals surface area contributed by atoms with Gasteiger partial charge in [0, 0.05) is 39.3 Å². The molecule has 0 atom stereocenters. The summed E-state index contributed by atoms with van der Waals surface area (Å²) >= 11 is 0. The summed E-state index contributed by atoms with van der Waals surface area (Å²) in [7, 11) is 1.46. The van der Waals surface area contributed by atoms with Gasteiger partial charge in [-0.25, -0.2) is 13.8 Å². The highest BCUT2D eigenvalue weighted by Crippen LogP contribution is 2.32. The van der Waals surface area contributed by atoms with E-state index in [1.165, 1.54) is 17.9 Å². The van der Waals surface area contributed by atoms with Crippen LogP contribution >= 0.6 is 0 Å². The van der Waals surface area contributed by atoms with E-state index in [9.17, 15) is 44.7 Å². The van der Waals surface area contributed by atoms with E-state index in [2.05, 4.69) is 25.7 Å². The number of nitrogens with one attached hydrogen (secondary N) is 3. The van der Waals surface area contributed by atoms with Crippen molar-refractivity contribution in [3.05, 3.63) is 47.0 Å². The van der Waals surface area contributed by atoms with Crippen molar-refractivity contribution in [2.75, 3.05) is 0 Å². The molecule has 1 saturated carbocycles. The molecule has 0 bridgehead atoms. The molecule has 3 aromatic rings. The van der Waals surface area contributed by atoms with Crippen molar-refractivity contribution in [2.24, 2.45) is 7.05 Å². The highest BCUT2D eigenvalue weighted by molar-refractivity contribution is 5.95. The molecule has 16 heteroatoms. The second-order valence-electron chi connectivity index (χ2n) is 10.3. The van der Waals surface area contributed by atoms with Gasteiger partial charge in [-0.1, -0.05) is 12.5 Å². The summed E-state index contributed by atoms with van der Waals surface area (Å²) in [6.45, 7) is -0.00986. The number of aromatic amines is 1. The molecule has 2 aromatic heterocycles. The van der Waals surface area contributed by atoms with E-state index in [1.807, 2.05) is 0 Å². The van der Waals surface area contributed by atoms with Crippen molar-refractivity contribution in [1.29, 1.82) is 0 Å². The van der Waals surface area contributed by atoms with Gasteiger partial charge in [0.1, 0.15) is 5.82 Å². The minimum atomic E-state index is -4.40. The fraction of sp³-hybridized carbons (Fsp3) is 0.556. The molecule has 8 nitrogen and oxygen atoms in total. The molecule has 3 N–H and O–H groups in total. The minimum absolute atomic E-state index is 0.0272. The van der Waals surface area contributed by atoms with Crippen molar-refractivity contribution in [1.82, 2.24) is 30.4 Å². The van der Waals surface area contributed by atoms with Crippen LogP contribution < -0.4 is 10.6 Å². The maximum absolute atomic E-state index is 12.6. The first-order chi connectivity index (χ1) is 20.0. The van der Waals surface area contributed by atoms with Gasteiger partial charge in [-0.2, -0.15) is 31.4 Å². The molecule has 43 heavy (non-hydrogen) atoms. The van der Waals surface area contributed by atoms with Crippen LogP contribution in [-0.2, 0) is 31.4 Å². The first-order valence-corrected chi connectivity index (χ1v) is 13.6. The number of alkyl halides is 8. The van der Waals surface area contributed by atoms with Crippen molar-refractivity contribution < 1.29 is 44.7 Å². The lowest BCUT2D eigenvalue weighted by Gasteiger charge is -2.20. The summed E-state index contributed by atoms with van der Waals surface area (Å²) in [5.74, 6) is -3.27. The topological polar surface area (TPSA) is 105 Å². The molecule has 0 unspecified atom stereocenters. The van der Waals surface area contributed by atoms with Gasteiger partial charge >= 0.3 is 12.4 Å². The molecule has 1 aliphatic rings. The molecule has 0 aliphatic heterocycles. The quantitative estimate of drug-likeness (QED) is 0.244. The summed E-state index contributed by atoms with van der Waals surface area (Å²) in [6, 6.07) is 4.96. The molecule has 2 heterocycles. The third kappa shape index (κ3) is 11.5. The first kappa shape index (κ1) is 33.8. The number of carbonyl (C=O) groups excluding carboxylic acids is 2. The largest absolute Gasteiger partial charge is 0.389 e. The minimum Gasteiger partial charge on any atom is -0.352 e. The summed E-state index contributed by atoms with van der Waals surface area (Å²) in [6.07, 6.45) is -8.23. The zero-order chi connectivity index (χ0) is 31.8. The highest BCUT2D eigenvalue weighted by Gasteiger charge is 2.31. The van der Waals surface area contributed by atoms with Gasteiger partial charge in [0.05, 0.1) is 41.5 Å². The molecule has 1 aliphatic carbocycles. The summed E-state index contributed by atoms with van der Waals surface area (Å²) < 4.78 is 100.0. The van der Waals surface area contributed by atoms with Crippen molar-refractivity contribution in [3.8, 4) is 0 Å². The Labute approximate surface area is 241 Å². The standard InChI is InChI=1S/C21H22F6N6O2.C6H10F2/c1-33-16(4-6-20(22,23)24)13(10-30-33)19(35)29-11-17-31-14-3-2-12(8-15(14)32-17)9-28-18(34)5-7-21(25,26)27;7-6(8)4-2-1-3-5-6/h2-3,8,10H,4-7,9,11H2,1H3,(H,28,34)(H,29,35)(H,31,32);1-5H2. The van der Waals surface area contributed by atoms with E-state index in [0.29, 0.717) is 35.3 Å². The maximum atomic E-state index is 12.6. The van der Waals surface area contributed by atoms with E-state index in [-0.39, 0.29) is 43.6 Å². The number of benzene rings is 1. The molecular weight excluding hydrogens is 592 g/mol. The zero-order valence-electron chi connectivity index (χ0n) is 23.3. The molecule has 4 rings (SSSR count). The number of carbonyl (C=O) groups is 2. The average molecular weight is 625 g/mol. The number of hydrogen-bond donors (Lipinski definition) is 3. The molecule has 0 spiro atoms. The third-order valence-electron chi connectivity index (χ3n) is 6.67. The number of aromatic nitrogens is 4. The predicted molar refractivity (Wildman–Crippen MR) is 140 cm³/mol. The molecule has 2 amide bonds. The maximum Gasteiger partial charge on any atom is 0.389 e. The van der Waals surface area contributed by atoms with Gasteiger partial charge in [-0.05, 0) is 37.0 Å². The lowest BCUT2D eigenvalue weighted by molar-refractivity contribution is -0.144. The molecule has 1 aromatic carbocycles. The summed E-state index contributed by atoms with van der Waals surface area (Å²) in [4.78, 5) is 31.4. The lowest BCUT2D eigenvalue weighted by Crippen LogP contribution is -2.24. The average Bonchev–Trinajstić information content (AvgIpc) is 3.49. The molecule has 0 radical (unpaired) electrons. The Bertz CT molecular complexity index is 1370. The van der Waals surface area contributed by atoms with Crippen molar-refractivity contribution in [2.45, 2.75) is 89.2 Å². The Hall–Kier alpha value is -3.72. The Morgan fingerprint density at radius 2 is 1.65 bits per heavy atom. The van der Waals surface area contributed by atoms with Gasteiger partial charge in [0.15, 0.2) is 0 Å². The number of imidazole rings is 1. The molecule has 1 fully saturated rings. The number of nitrogens with zero attached hydrogens (tertiary/aromatic N) is 3. The number of aryl methyl sites for hydroxylation is 1. The normalized spacial score (nSPS) is 15.1. The Morgan fingerprint density at radius 1 is 0.977 bits per heavy atom. The van der Waals surface area contributed by atoms with Crippen molar-refractivity contribution in [3.63, 3.8) is 0 Å². The van der Waals surface area contributed by atoms with Crippen LogP contribution in [0.15, 0.2) is 24.4 Å². The van der Waals surface area contributed by atoms with Gasteiger partial charge in [0.25, 0.3) is 5.91 Å². The number of fused-ring (bicyclic) bond motifs is 1. The zero-order valence-corrected chi connectivity index (χ0v) is 23.3. The van der Waals surface area contributed by atoms with E-state index in [1.54, 1.807) is 18.2 Å². The first-order valence-electron chi connectivity index (χ1n) is 13.6. The Kier molecular flexibility index (Phi) is 11.1. The number of H-pyrrole nitrogens is 1. The third-order valence-corrected chi connectivity index (χ3v) is 6.67. The van der Waals surface area contributed by atoms with Crippen LogP contribution in [0.1, 0.15) is 78.8 Å². The Balaban J connectivity index is 0.000000546. The van der Waals surface area contributed by atoms with Gasteiger partial charge < -0.3 is 15.6 Å². The molecular formula is C27H32F8N6O2. The predicted octanol–water partition coefficient (Wildman–Crippen LogP) is 6.27. The van der Waals surface area contributed by atoms with E-state index in [4.69, 9.17) is 0 Å². The highest BCUT2D eigenvalue weighted by atomic mass is 19.4. The Morgan fingerprint density at radius 3 is 2.26 bits per heavy atom. The number of hydrogen-bond acceptors (Lipinski definition) is 4. The fourth-order valence-electron chi connectivity index (χ4n) is 4.39. The van der Waals surface area contributed by atoms with Gasteiger partial charge in [0.2, 0.25) is 11.8 Å². The van der Waals surface area contributed by atoms with Crippen LogP contribution in [-0.4, -0.2) is 49.8 Å². The monoisotopic (exact) mass is 624 g/mol. The number of rotatable bonds is 9. The fourth-order valence-corrected chi connectivity index (χ4v) is 4.39. The lowest BCUT2D eigenvalue weighted by atomic mass is 9.97. The van der Waals surface area contributed by atoms with Crippen LogP contribution in [0.25, 0.3) is 11.0 Å². The van der Waals surface area contributed by atoms with Crippen LogP contribution in [0.5, 0.6) is 0 Å². The second-order valence-corrected chi connectivity index (χ2v) is 10.3.